The summed E-state index contributed by atoms with van der Waals surface area (Å²) in [5, 5.41) is 7.54. The van der Waals surface area contributed by atoms with Gasteiger partial charge >= 0.3 is 0 Å². The number of nitrogens with one attached hydrogen (secondary N) is 2. The maximum atomic E-state index is 13.6. The van der Waals surface area contributed by atoms with E-state index in [1.807, 2.05) is 56.3 Å². The number of rotatable bonds is 9. The zero-order valence-corrected chi connectivity index (χ0v) is 24.1. The fourth-order valence-corrected chi connectivity index (χ4v) is 6.96. The summed E-state index contributed by atoms with van der Waals surface area (Å²) in [7, 11) is 0. The molecule has 0 radical (unpaired) electrons. The highest BCUT2D eigenvalue weighted by Gasteiger charge is 2.19. The maximum Gasteiger partial charge on any atom is 0.272 e. The minimum absolute atomic E-state index is 0.0350. The molecule has 0 atom stereocenters. The Morgan fingerprint density at radius 1 is 1.05 bits per heavy atom. The summed E-state index contributed by atoms with van der Waals surface area (Å²) >= 11 is 2.69. The van der Waals surface area contributed by atoms with Crippen LogP contribution in [0, 0.1) is 13.8 Å². The number of aromatic nitrogens is 2. The molecule has 4 aromatic rings. The lowest BCUT2D eigenvalue weighted by molar-refractivity contribution is -0.122. The molecule has 204 valence electrons. The van der Waals surface area contributed by atoms with Crippen molar-refractivity contribution in [1.82, 2.24) is 14.9 Å². The van der Waals surface area contributed by atoms with E-state index in [1.54, 1.807) is 4.57 Å². The third-order valence-electron chi connectivity index (χ3n) is 7.33. The van der Waals surface area contributed by atoms with E-state index < -0.39 is 0 Å². The van der Waals surface area contributed by atoms with E-state index >= 15 is 0 Å². The molecule has 1 fully saturated rings. The van der Waals surface area contributed by atoms with Crippen molar-refractivity contribution in [2.75, 3.05) is 11.1 Å². The van der Waals surface area contributed by atoms with Crippen molar-refractivity contribution in [1.29, 1.82) is 0 Å². The van der Waals surface area contributed by atoms with Crippen LogP contribution < -0.4 is 16.2 Å². The molecule has 0 aliphatic heterocycles. The van der Waals surface area contributed by atoms with Crippen LogP contribution in [0.5, 0.6) is 0 Å². The number of amides is 2. The number of carbonyl (C=O) groups is 2. The van der Waals surface area contributed by atoms with Gasteiger partial charge in [0.15, 0.2) is 5.16 Å². The maximum absolute atomic E-state index is 13.6. The summed E-state index contributed by atoms with van der Waals surface area (Å²) < 4.78 is 3.25. The van der Waals surface area contributed by atoms with Crippen LogP contribution >= 0.6 is 23.1 Å². The molecule has 2 amide bonds. The van der Waals surface area contributed by atoms with Crippen LogP contribution in [0.3, 0.4) is 0 Å². The predicted molar refractivity (Wildman–Crippen MR) is 161 cm³/mol. The van der Waals surface area contributed by atoms with E-state index in [2.05, 4.69) is 10.6 Å². The first-order valence-electron chi connectivity index (χ1n) is 13.6. The Bertz CT molecular complexity index is 1570. The number of thiophene rings is 1. The molecule has 2 heterocycles. The van der Waals surface area contributed by atoms with Crippen LogP contribution in [-0.2, 0) is 16.1 Å². The van der Waals surface area contributed by atoms with Crippen molar-refractivity contribution in [2.24, 2.45) is 0 Å². The van der Waals surface area contributed by atoms with Gasteiger partial charge in [0.2, 0.25) is 11.8 Å². The summed E-state index contributed by atoms with van der Waals surface area (Å²) in [6.07, 6.45) is 6.54. The largest absolute Gasteiger partial charge is 0.353 e. The van der Waals surface area contributed by atoms with Crippen molar-refractivity contribution >= 4 is 60.9 Å². The van der Waals surface area contributed by atoms with Gasteiger partial charge in [-0.15, -0.1) is 11.3 Å². The van der Waals surface area contributed by atoms with Crippen LogP contribution in [0.4, 0.5) is 5.69 Å². The highest BCUT2D eigenvalue weighted by molar-refractivity contribution is 7.99. The van der Waals surface area contributed by atoms with Crippen molar-refractivity contribution < 1.29 is 9.59 Å². The molecular formula is C30H34N4O3S2. The second-order valence-electron chi connectivity index (χ2n) is 10.3. The SMILES string of the molecule is Cc1ccc(NC(=O)CSc2nc3c(sc4ccccc43)c(=O)n2CCCC(=O)NC2CCCCC2)cc1C. The number of hydrogen-bond acceptors (Lipinski definition) is 6. The summed E-state index contributed by atoms with van der Waals surface area (Å²) in [6, 6.07) is 14.0. The molecule has 7 nitrogen and oxygen atoms in total. The molecule has 5 rings (SSSR count). The summed E-state index contributed by atoms with van der Waals surface area (Å²) in [5.74, 6) is -0.00578. The Labute approximate surface area is 236 Å². The lowest BCUT2D eigenvalue weighted by atomic mass is 9.95. The second-order valence-corrected chi connectivity index (χ2v) is 12.3. The molecule has 1 aliphatic carbocycles. The minimum atomic E-state index is -0.161. The number of nitrogens with zero attached hydrogens (tertiary/aromatic N) is 2. The first-order chi connectivity index (χ1) is 18.9. The molecule has 0 spiro atoms. The van der Waals surface area contributed by atoms with E-state index in [9.17, 15) is 14.4 Å². The molecule has 0 unspecified atom stereocenters. The number of hydrogen-bond donors (Lipinski definition) is 2. The first-order valence-corrected chi connectivity index (χ1v) is 15.4. The van der Waals surface area contributed by atoms with Crippen molar-refractivity contribution in [3.63, 3.8) is 0 Å². The van der Waals surface area contributed by atoms with Gasteiger partial charge in [-0.3, -0.25) is 19.0 Å². The topological polar surface area (TPSA) is 93.1 Å². The van der Waals surface area contributed by atoms with Gasteiger partial charge in [0, 0.05) is 34.8 Å². The smallest absolute Gasteiger partial charge is 0.272 e. The zero-order valence-electron chi connectivity index (χ0n) is 22.4. The van der Waals surface area contributed by atoms with Crippen molar-refractivity contribution in [3.05, 3.63) is 63.9 Å². The normalized spacial score (nSPS) is 14.1. The molecule has 2 N–H and O–H groups in total. The Morgan fingerprint density at radius 2 is 1.85 bits per heavy atom. The number of thioether (sulfide) groups is 1. The van der Waals surface area contributed by atoms with Crippen molar-refractivity contribution in [3.8, 4) is 0 Å². The van der Waals surface area contributed by atoms with Gasteiger partial charge in [0.05, 0.1) is 11.3 Å². The quantitative estimate of drug-likeness (QED) is 0.188. The molecule has 0 bridgehead atoms. The number of aryl methyl sites for hydroxylation is 2. The van der Waals surface area contributed by atoms with Crippen LogP contribution in [-0.4, -0.2) is 33.2 Å². The number of benzene rings is 2. The van der Waals surface area contributed by atoms with Crippen molar-refractivity contribution in [2.45, 2.75) is 76.5 Å². The van der Waals surface area contributed by atoms with E-state index in [0.717, 1.165) is 34.2 Å². The van der Waals surface area contributed by atoms with Gasteiger partial charge in [-0.1, -0.05) is 55.3 Å². The Kier molecular flexibility index (Phi) is 8.67. The Balaban J connectivity index is 1.33. The highest BCUT2D eigenvalue weighted by Crippen LogP contribution is 2.32. The van der Waals surface area contributed by atoms with Gasteiger partial charge in [-0.05, 0) is 62.4 Å². The molecule has 1 aliphatic rings. The number of carbonyl (C=O) groups excluding carboxylic acids is 2. The summed E-state index contributed by atoms with van der Waals surface area (Å²) in [5.41, 5.74) is 3.57. The lowest BCUT2D eigenvalue weighted by Gasteiger charge is -2.22. The minimum Gasteiger partial charge on any atom is -0.353 e. The average Bonchev–Trinajstić information content (AvgIpc) is 3.30. The number of anilines is 1. The fraction of sp³-hybridized carbons (Fsp3) is 0.400. The van der Waals surface area contributed by atoms with Gasteiger partial charge in [-0.25, -0.2) is 4.98 Å². The Morgan fingerprint density at radius 3 is 2.64 bits per heavy atom. The van der Waals surface area contributed by atoms with E-state index in [4.69, 9.17) is 4.98 Å². The summed E-state index contributed by atoms with van der Waals surface area (Å²) in [4.78, 5) is 43.9. The third kappa shape index (κ3) is 6.53. The van der Waals surface area contributed by atoms with Crippen LogP contribution in [0.2, 0.25) is 0 Å². The Hall–Kier alpha value is -3.17. The lowest BCUT2D eigenvalue weighted by Crippen LogP contribution is -2.36. The van der Waals surface area contributed by atoms with Crippen LogP contribution in [0.25, 0.3) is 20.3 Å². The average molecular weight is 563 g/mol. The molecule has 2 aromatic carbocycles. The van der Waals surface area contributed by atoms with E-state index in [0.29, 0.717) is 34.8 Å². The standard InChI is InChI=1S/C30H34N4O3S2/c1-19-14-15-22(17-20(19)2)32-26(36)18-38-30-33-27-23-11-6-7-12-24(23)39-28(27)29(37)34(30)16-8-13-25(35)31-21-9-4-3-5-10-21/h6-7,11-12,14-15,17,21H,3-5,8-10,13,16,18H2,1-2H3,(H,31,35)(H,32,36). The summed E-state index contributed by atoms with van der Waals surface area (Å²) in [6.45, 7) is 4.42. The van der Waals surface area contributed by atoms with E-state index in [1.165, 1.54) is 47.9 Å². The third-order valence-corrected chi connectivity index (χ3v) is 9.45. The van der Waals surface area contributed by atoms with Crippen LogP contribution in [0.15, 0.2) is 52.4 Å². The molecule has 2 aromatic heterocycles. The molecule has 1 saturated carbocycles. The first kappa shape index (κ1) is 27.4. The van der Waals surface area contributed by atoms with Gasteiger partial charge < -0.3 is 10.6 Å². The highest BCUT2D eigenvalue weighted by atomic mass is 32.2. The number of fused-ring (bicyclic) bond motifs is 3. The van der Waals surface area contributed by atoms with Gasteiger partial charge in [-0.2, -0.15) is 0 Å². The fourth-order valence-electron chi connectivity index (χ4n) is 5.05. The van der Waals surface area contributed by atoms with Gasteiger partial charge in [0.1, 0.15) is 4.70 Å². The monoisotopic (exact) mass is 562 g/mol. The second kappa shape index (κ2) is 12.3. The zero-order chi connectivity index (χ0) is 27.4. The molecular weight excluding hydrogens is 528 g/mol. The van der Waals surface area contributed by atoms with Crippen LogP contribution in [0.1, 0.15) is 56.1 Å². The molecule has 0 saturated heterocycles. The predicted octanol–water partition coefficient (Wildman–Crippen LogP) is 6.19. The van der Waals surface area contributed by atoms with Gasteiger partial charge in [0.25, 0.3) is 5.56 Å². The molecule has 9 heteroatoms. The molecule has 39 heavy (non-hydrogen) atoms. The van der Waals surface area contributed by atoms with E-state index in [-0.39, 0.29) is 29.2 Å².